The van der Waals surface area contributed by atoms with Crippen LogP contribution in [0.4, 0.5) is 18.7 Å². The number of methoxy groups -OCH3 is 2. The summed E-state index contributed by atoms with van der Waals surface area (Å²) in [6, 6.07) is 12.3. The number of amides is 1. The van der Waals surface area contributed by atoms with Crippen LogP contribution in [0, 0.1) is 5.82 Å². The molecule has 0 radical (unpaired) electrons. The van der Waals surface area contributed by atoms with E-state index in [-0.39, 0.29) is 41.4 Å². The van der Waals surface area contributed by atoms with Gasteiger partial charge in [0, 0.05) is 35.3 Å². The van der Waals surface area contributed by atoms with E-state index in [1.807, 2.05) is 0 Å². The number of anilines is 1. The molecule has 1 fully saturated rings. The molecule has 1 aliphatic rings. The van der Waals surface area contributed by atoms with Gasteiger partial charge in [-0.25, -0.2) is 36.1 Å². The van der Waals surface area contributed by atoms with Crippen molar-refractivity contribution in [3.05, 3.63) is 94.0 Å². The number of oxazole rings is 1. The van der Waals surface area contributed by atoms with Crippen molar-refractivity contribution in [3.63, 3.8) is 0 Å². The van der Waals surface area contributed by atoms with Crippen LogP contribution in [-0.2, 0) is 27.0 Å². The molecule has 270 valence electrons. The van der Waals surface area contributed by atoms with Gasteiger partial charge in [-0.3, -0.25) is 4.57 Å². The predicted octanol–water partition coefficient (Wildman–Crippen LogP) is 6.02. The first kappa shape index (κ1) is 35.8. The molecule has 3 heterocycles. The van der Waals surface area contributed by atoms with Crippen molar-refractivity contribution in [2.45, 2.75) is 56.4 Å². The quantitative estimate of drug-likeness (QED) is 0.166. The number of halogens is 2. The molecule has 1 amide bonds. The molecule has 13 nitrogen and oxygen atoms in total. The molecule has 6 rings (SSSR count). The molecule has 1 aliphatic heterocycles. The number of alkyl halides is 1. The second kappa shape index (κ2) is 13.3. The number of hydrogen-bond donors (Lipinski definition) is 0. The van der Waals surface area contributed by atoms with Gasteiger partial charge >= 0.3 is 11.8 Å². The number of hydrogen-bond acceptors (Lipinski definition) is 11. The Morgan fingerprint density at radius 2 is 1.84 bits per heavy atom. The van der Waals surface area contributed by atoms with Gasteiger partial charge < -0.3 is 23.5 Å². The lowest BCUT2D eigenvalue weighted by Gasteiger charge is -2.45. The molecule has 3 aromatic carbocycles. The molecule has 51 heavy (non-hydrogen) atoms. The Bertz CT molecular complexity index is 2260. The van der Waals surface area contributed by atoms with E-state index in [0.29, 0.717) is 22.6 Å². The fraction of sp³-hybridized carbons (Fsp3) is 0.353. The predicted molar refractivity (Wildman–Crippen MR) is 184 cm³/mol. The number of rotatable bonds is 10. The van der Waals surface area contributed by atoms with Crippen LogP contribution in [-0.4, -0.2) is 66.2 Å². The fourth-order valence-electron chi connectivity index (χ4n) is 5.98. The highest BCUT2D eigenvalue weighted by Crippen LogP contribution is 2.41. The minimum Gasteiger partial charge on any atom is -0.497 e. The van der Waals surface area contributed by atoms with Crippen molar-refractivity contribution in [1.29, 1.82) is 0 Å². The summed E-state index contributed by atoms with van der Waals surface area (Å²) >= 11 is 0.785. The highest BCUT2D eigenvalue weighted by molar-refractivity contribution is 7.93. The topological polar surface area (TPSA) is 146 Å². The Morgan fingerprint density at radius 3 is 2.49 bits per heavy atom. The van der Waals surface area contributed by atoms with Crippen molar-refractivity contribution < 1.29 is 40.6 Å². The SMILES string of the molecule is COc1ccc(CN(c2ncns2)S(=O)(=O)c2cc3oc(=O)n([C@H](C)c4ccccc4C4(F)CN(C(=O)OC(C)(C)C)C4)c3cc2F)c(OC)c1. The van der Waals surface area contributed by atoms with Crippen molar-refractivity contribution in [2.75, 3.05) is 31.6 Å². The van der Waals surface area contributed by atoms with Gasteiger partial charge in [-0.2, -0.15) is 4.37 Å². The number of ether oxygens (including phenoxy) is 3. The highest BCUT2D eigenvalue weighted by Gasteiger charge is 2.50. The average molecular weight is 744 g/mol. The molecule has 0 unspecified atom stereocenters. The summed E-state index contributed by atoms with van der Waals surface area (Å²) in [7, 11) is -1.80. The number of fused-ring (bicyclic) bond motifs is 1. The summed E-state index contributed by atoms with van der Waals surface area (Å²) in [4.78, 5) is 30.4. The number of likely N-dealkylation sites (tertiary alicyclic amines) is 1. The summed E-state index contributed by atoms with van der Waals surface area (Å²) in [5.41, 5.74) is -1.90. The molecular weight excluding hydrogens is 709 g/mol. The largest absolute Gasteiger partial charge is 0.497 e. The molecule has 0 aliphatic carbocycles. The van der Waals surface area contributed by atoms with E-state index in [1.54, 1.807) is 70.2 Å². The third kappa shape index (κ3) is 6.74. The molecule has 0 saturated carbocycles. The van der Waals surface area contributed by atoms with Crippen LogP contribution < -0.4 is 19.5 Å². The first-order chi connectivity index (χ1) is 24.1. The van der Waals surface area contributed by atoms with E-state index in [1.165, 1.54) is 25.4 Å². The Morgan fingerprint density at radius 1 is 1.12 bits per heavy atom. The van der Waals surface area contributed by atoms with Gasteiger partial charge in [-0.05, 0) is 51.0 Å². The van der Waals surface area contributed by atoms with E-state index in [4.69, 9.17) is 18.6 Å². The minimum atomic E-state index is -4.69. The van der Waals surface area contributed by atoms with Gasteiger partial charge in [0.1, 0.15) is 34.1 Å². The standard InChI is InChI=1S/C34H35F2N5O8S2/c1-20(23-9-7-8-10-24(23)34(36)17-39(18-34)31(42)49-33(2,3)4)41-26-14-25(35)29(15-28(26)48-32(41)43)51(44,45)40(30-37-19-38-50-30)16-21-11-12-22(46-5)13-27(21)47-6/h7-15,19-20H,16-18H2,1-6H3/t20-/m1/s1. The molecule has 0 bridgehead atoms. The fourth-order valence-corrected chi connectivity index (χ4v) is 8.18. The molecule has 2 aromatic heterocycles. The van der Waals surface area contributed by atoms with Crippen LogP contribution in [0.1, 0.15) is 50.4 Å². The third-order valence-electron chi connectivity index (χ3n) is 8.42. The summed E-state index contributed by atoms with van der Waals surface area (Å²) in [5.74, 6) is -1.28. The lowest BCUT2D eigenvalue weighted by atomic mass is 9.83. The number of carbonyl (C=O) groups excluding carboxylic acids is 1. The number of aromatic nitrogens is 3. The Labute approximate surface area is 296 Å². The zero-order valence-electron chi connectivity index (χ0n) is 28.5. The van der Waals surface area contributed by atoms with Crippen molar-refractivity contribution in [3.8, 4) is 11.5 Å². The lowest BCUT2D eigenvalue weighted by molar-refractivity contribution is -0.0542. The Hall–Kier alpha value is -5.03. The van der Waals surface area contributed by atoms with E-state index in [0.717, 1.165) is 32.5 Å². The monoisotopic (exact) mass is 743 g/mol. The molecule has 0 spiro atoms. The van der Waals surface area contributed by atoms with Gasteiger partial charge in [0.25, 0.3) is 10.0 Å². The van der Waals surface area contributed by atoms with Crippen molar-refractivity contribution in [2.24, 2.45) is 0 Å². The van der Waals surface area contributed by atoms with Crippen LogP contribution in [0.3, 0.4) is 0 Å². The summed E-state index contributed by atoms with van der Waals surface area (Å²) < 4.78 is 88.2. The van der Waals surface area contributed by atoms with Gasteiger partial charge in [0.15, 0.2) is 11.3 Å². The zero-order chi connectivity index (χ0) is 36.9. The normalized spacial score (nSPS) is 14.9. The number of carbonyl (C=O) groups is 1. The maximum atomic E-state index is 16.3. The second-order valence-electron chi connectivity index (χ2n) is 13.0. The number of benzene rings is 3. The number of sulfonamides is 1. The first-order valence-electron chi connectivity index (χ1n) is 15.7. The van der Waals surface area contributed by atoms with E-state index in [9.17, 15) is 18.0 Å². The van der Waals surface area contributed by atoms with Gasteiger partial charge in [-0.1, -0.05) is 24.3 Å². The van der Waals surface area contributed by atoms with Gasteiger partial charge in [-0.15, -0.1) is 0 Å². The summed E-state index contributed by atoms with van der Waals surface area (Å²) in [5, 5.41) is -0.0435. The Balaban J connectivity index is 1.35. The molecule has 0 N–H and O–H groups in total. The molecule has 1 atom stereocenters. The first-order valence-corrected chi connectivity index (χ1v) is 17.9. The summed E-state index contributed by atoms with van der Waals surface area (Å²) in [6.07, 6.45) is 0.527. The van der Waals surface area contributed by atoms with Crippen molar-refractivity contribution in [1.82, 2.24) is 18.8 Å². The zero-order valence-corrected chi connectivity index (χ0v) is 30.2. The molecule has 5 aromatic rings. The highest BCUT2D eigenvalue weighted by atomic mass is 32.2. The smallest absolute Gasteiger partial charge is 0.420 e. The van der Waals surface area contributed by atoms with E-state index in [2.05, 4.69) is 9.36 Å². The summed E-state index contributed by atoms with van der Waals surface area (Å²) in [6.45, 7) is 5.92. The van der Waals surface area contributed by atoms with E-state index >= 15 is 8.78 Å². The van der Waals surface area contributed by atoms with Gasteiger partial charge in [0.05, 0.1) is 45.4 Å². The lowest BCUT2D eigenvalue weighted by Crippen LogP contribution is -2.60. The molecule has 1 saturated heterocycles. The molecule has 17 heteroatoms. The van der Waals surface area contributed by atoms with Gasteiger partial charge in [0.2, 0.25) is 5.13 Å². The average Bonchev–Trinajstić information content (AvgIpc) is 3.71. The van der Waals surface area contributed by atoms with Crippen LogP contribution in [0.15, 0.2) is 75.0 Å². The maximum absolute atomic E-state index is 16.3. The van der Waals surface area contributed by atoms with Crippen LogP contribution >= 0.6 is 11.5 Å². The van der Waals surface area contributed by atoms with Crippen LogP contribution in [0.5, 0.6) is 11.5 Å². The maximum Gasteiger partial charge on any atom is 0.420 e. The third-order valence-corrected chi connectivity index (χ3v) is 11.0. The van der Waals surface area contributed by atoms with Crippen LogP contribution in [0.25, 0.3) is 11.1 Å². The Kier molecular flexibility index (Phi) is 9.30. The van der Waals surface area contributed by atoms with Crippen LogP contribution in [0.2, 0.25) is 0 Å². The second-order valence-corrected chi connectivity index (χ2v) is 15.6. The number of nitrogens with zero attached hydrogens (tertiary/aromatic N) is 5. The minimum absolute atomic E-state index is 0.0435. The molecular formula is C34H35F2N5O8S2. The van der Waals surface area contributed by atoms with E-state index < -0.39 is 49.9 Å². The van der Waals surface area contributed by atoms with Crippen molar-refractivity contribution >= 4 is 43.9 Å².